The Kier molecular flexibility index (Phi) is 8.63. The molecule has 1 saturated heterocycles. The first-order valence-corrected chi connectivity index (χ1v) is 18.3. The van der Waals surface area contributed by atoms with Gasteiger partial charge in [-0.2, -0.15) is 0 Å². The molecular formula is C45H42FNO7. The molecule has 3 unspecified atom stereocenters. The van der Waals surface area contributed by atoms with Gasteiger partial charge >= 0.3 is 11.9 Å². The van der Waals surface area contributed by atoms with Gasteiger partial charge in [-0.15, -0.1) is 0 Å². The highest BCUT2D eigenvalue weighted by molar-refractivity contribution is 6.10. The Hall–Kier alpha value is -5.83. The molecule has 8 nitrogen and oxygen atoms in total. The van der Waals surface area contributed by atoms with Gasteiger partial charge in [0.2, 0.25) is 0 Å². The highest BCUT2D eigenvalue weighted by atomic mass is 19.1. The maximum atomic E-state index is 14.4. The minimum absolute atomic E-state index is 0.00707. The first-order valence-electron chi connectivity index (χ1n) is 18.3. The summed E-state index contributed by atoms with van der Waals surface area (Å²) >= 11 is 0. The van der Waals surface area contributed by atoms with E-state index in [9.17, 15) is 24.2 Å². The van der Waals surface area contributed by atoms with Gasteiger partial charge in [-0.05, 0) is 95.3 Å². The van der Waals surface area contributed by atoms with Crippen LogP contribution < -0.4 is 19.1 Å². The molecule has 2 aliphatic heterocycles. The van der Waals surface area contributed by atoms with E-state index < -0.39 is 29.0 Å². The summed E-state index contributed by atoms with van der Waals surface area (Å²) in [6, 6.07) is 25.6. The van der Waals surface area contributed by atoms with Crippen LogP contribution in [0.2, 0.25) is 0 Å². The Morgan fingerprint density at radius 3 is 2.30 bits per heavy atom. The van der Waals surface area contributed by atoms with Gasteiger partial charge < -0.3 is 29.3 Å². The summed E-state index contributed by atoms with van der Waals surface area (Å²) in [5.74, 6) is -0.385. The van der Waals surface area contributed by atoms with Crippen LogP contribution >= 0.6 is 0 Å². The van der Waals surface area contributed by atoms with E-state index in [1.807, 2.05) is 53.4 Å². The fourth-order valence-electron chi connectivity index (χ4n) is 9.02. The van der Waals surface area contributed by atoms with Crippen molar-refractivity contribution in [2.45, 2.75) is 56.6 Å². The first-order chi connectivity index (χ1) is 26.0. The van der Waals surface area contributed by atoms with Crippen molar-refractivity contribution in [2.24, 2.45) is 5.92 Å². The van der Waals surface area contributed by atoms with E-state index >= 15 is 0 Å². The molecule has 5 aromatic carbocycles. The molecule has 0 aromatic heterocycles. The number of nitrogens with zero attached hydrogens (tertiary/aromatic N) is 1. The van der Waals surface area contributed by atoms with E-state index in [1.54, 1.807) is 26.4 Å². The van der Waals surface area contributed by atoms with Crippen LogP contribution in [-0.4, -0.2) is 49.0 Å². The molecule has 9 heteroatoms. The maximum Gasteiger partial charge on any atom is 0.326 e. The van der Waals surface area contributed by atoms with Gasteiger partial charge in [-0.1, -0.05) is 68.5 Å². The van der Waals surface area contributed by atoms with Crippen molar-refractivity contribution in [1.29, 1.82) is 0 Å². The minimum Gasteiger partial charge on any atom is -0.497 e. The Bertz CT molecular complexity index is 2330. The topological polar surface area (TPSA) is 106 Å². The maximum absolute atomic E-state index is 14.4. The second kappa shape index (κ2) is 13.2. The normalized spacial score (nSPS) is 20.8. The fourth-order valence-corrected chi connectivity index (χ4v) is 9.02. The van der Waals surface area contributed by atoms with Crippen LogP contribution in [0.1, 0.15) is 67.3 Å². The average Bonchev–Trinajstić information content (AvgIpc) is 3.43. The summed E-state index contributed by atoms with van der Waals surface area (Å²) in [4.78, 5) is 26.1. The van der Waals surface area contributed by atoms with Gasteiger partial charge in [0.05, 0.1) is 19.9 Å². The van der Waals surface area contributed by atoms with E-state index in [0.717, 1.165) is 44.2 Å². The molecule has 3 atom stereocenters. The van der Waals surface area contributed by atoms with Crippen molar-refractivity contribution in [3.05, 3.63) is 125 Å². The number of carbonyl (C=O) groups is 2. The first kappa shape index (κ1) is 35.2. The number of benzene rings is 5. The molecule has 0 bridgehead atoms. The number of piperidine rings is 1. The van der Waals surface area contributed by atoms with Crippen molar-refractivity contribution in [2.75, 3.05) is 25.7 Å². The summed E-state index contributed by atoms with van der Waals surface area (Å²) in [7, 11) is 3.20. The molecule has 2 heterocycles. The number of anilines is 1. The van der Waals surface area contributed by atoms with Gasteiger partial charge in [0.25, 0.3) is 0 Å². The van der Waals surface area contributed by atoms with E-state index in [2.05, 4.69) is 38.1 Å². The summed E-state index contributed by atoms with van der Waals surface area (Å²) in [6.45, 7) is 4.87. The summed E-state index contributed by atoms with van der Waals surface area (Å²) in [5, 5.41) is 21.5. The number of rotatable bonds is 9. The molecular weight excluding hydrogens is 685 g/mol. The smallest absolute Gasteiger partial charge is 0.326 e. The average molecular weight is 728 g/mol. The molecule has 54 heavy (non-hydrogen) atoms. The Balaban J connectivity index is 1.38. The Morgan fingerprint density at radius 2 is 1.63 bits per heavy atom. The zero-order valence-electron chi connectivity index (χ0n) is 30.7. The third kappa shape index (κ3) is 5.56. The predicted molar refractivity (Wildman–Crippen MR) is 206 cm³/mol. The van der Waals surface area contributed by atoms with Gasteiger partial charge in [-0.25, -0.2) is 9.18 Å². The minimum atomic E-state index is -1.14. The van der Waals surface area contributed by atoms with Crippen LogP contribution in [0, 0.1) is 11.7 Å². The lowest BCUT2D eigenvalue weighted by molar-refractivity contribution is -0.139. The van der Waals surface area contributed by atoms with Crippen LogP contribution in [0.5, 0.6) is 17.2 Å². The third-order valence-corrected chi connectivity index (χ3v) is 11.7. The van der Waals surface area contributed by atoms with Crippen molar-refractivity contribution in [3.63, 3.8) is 0 Å². The lowest BCUT2D eigenvalue weighted by atomic mass is 9.76. The van der Waals surface area contributed by atoms with Gasteiger partial charge in [0.15, 0.2) is 5.60 Å². The van der Waals surface area contributed by atoms with E-state index in [4.69, 9.17) is 14.2 Å². The van der Waals surface area contributed by atoms with E-state index in [1.165, 1.54) is 17.7 Å². The molecule has 0 radical (unpaired) electrons. The van der Waals surface area contributed by atoms with Crippen molar-refractivity contribution >= 4 is 34.5 Å². The highest BCUT2D eigenvalue weighted by Crippen LogP contribution is 2.59. The number of hydrogen-bond donors (Lipinski definition) is 2. The second-order valence-corrected chi connectivity index (χ2v) is 15.0. The molecule has 0 spiro atoms. The molecule has 276 valence electrons. The number of carboxylic acids is 2. The van der Waals surface area contributed by atoms with Crippen LogP contribution in [0.3, 0.4) is 0 Å². The van der Waals surface area contributed by atoms with Crippen LogP contribution in [0.4, 0.5) is 10.1 Å². The monoisotopic (exact) mass is 727 g/mol. The molecule has 0 amide bonds. The zero-order valence-corrected chi connectivity index (χ0v) is 30.7. The van der Waals surface area contributed by atoms with Gasteiger partial charge in [0.1, 0.15) is 29.1 Å². The largest absolute Gasteiger partial charge is 0.497 e. The third-order valence-electron chi connectivity index (χ3n) is 11.7. The number of methoxy groups -OCH3 is 2. The van der Waals surface area contributed by atoms with Gasteiger partial charge in [-0.3, -0.25) is 4.79 Å². The highest BCUT2D eigenvalue weighted by Gasteiger charge is 2.45. The second-order valence-electron chi connectivity index (χ2n) is 15.0. The van der Waals surface area contributed by atoms with Crippen molar-refractivity contribution in [3.8, 4) is 28.4 Å². The van der Waals surface area contributed by atoms with Crippen LogP contribution in [-0.2, 0) is 20.6 Å². The number of carboxylic acid groups (broad SMARTS) is 2. The number of halogens is 1. The molecule has 1 fully saturated rings. The van der Waals surface area contributed by atoms with Crippen LogP contribution in [0.15, 0.2) is 91.0 Å². The molecule has 0 saturated carbocycles. The summed E-state index contributed by atoms with van der Waals surface area (Å²) < 4.78 is 33.3. The molecule has 1 aliphatic carbocycles. The van der Waals surface area contributed by atoms with Crippen molar-refractivity contribution < 1.29 is 38.4 Å². The lowest BCUT2D eigenvalue weighted by Crippen LogP contribution is -2.47. The number of ether oxygens (including phenoxy) is 3. The number of hydrogen-bond acceptors (Lipinski definition) is 6. The SMILES string of the molecule is COc1ccc(C2(c3ccc(F)cc3)C=Cc3c4c(c5cc(N6CCC(CCC(=O)O)CC6C(=O)O)c(OC)cc5c3O2)-c2ccccc2C4(C)C)cc1. The number of fused-ring (bicyclic) bond motifs is 8. The van der Waals surface area contributed by atoms with E-state index in [-0.39, 0.29) is 18.2 Å². The Labute approximate surface area is 313 Å². The Morgan fingerprint density at radius 1 is 0.926 bits per heavy atom. The molecule has 5 aromatic rings. The fraction of sp³-hybridized carbons (Fsp3) is 0.289. The summed E-state index contributed by atoms with van der Waals surface area (Å²) in [5.41, 5.74) is 6.04. The molecule has 2 N–H and O–H groups in total. The van der Waals surface area contributed by atoms with Gasteiger partial charge in [0, 0.05) is 40.5 Å². The standard InChI is InChI=1S/C45H42FNO7/c1-44(2)35-8-6-5-7-31(35)40-33-24-36(47-22-20-26(9-18-39(48)49)23-37(47)43(50)51)38(53-4)25-34(33)42-32(41(40)44)19-21-45(54-42,27-10-14-29(46)15-11-27)28-12-16-30(52-3)17-13-28/h5-8,10-17,19,21,24-26,37H,9,18,20,22-23H2,1-4H3,(H,48,49)(H,50,51). The quantitative estimate of drug-likeness (QED) is 0.155. The van der Waals surface area contributed by atoms with Crippen LogP contribution in [0.25, 0.3) is 28.0 Å². The predicted octanol–water partition coefficient (Wildman–Crippen LogP) is 9.19. The number of aliphatic carboxylic acids is 2. The zero-order chi connectivity index (χ0) is 37.9. The summed E-state index contributed by atoms with van der Waals surface area (Å²) in [6.07, 6.45) is 5.60. The lowest BCUT2D eigenvalue weighted by Gasteiger charge is -2.40. The van der Waals surface area contributed by atoms with Crippen molar-refractivity contribution in [1.82, 2.24) is 0 Å². The van der Waals surface area contributed by atoms with E-state index in [0.29, 0.717) is 48.7 Å². The molecule has 3 aliphatic rings. The molecule has 8 rings (SSSR count).